The third-order valence-electron chi connectivity index (χ3n) is 2.60. The fourth-order valence-electron chi connectivity index (χ4n) is 1.48. The monoisotopic (exact) mass is 316 g/mol. The number of methoxy groups -OCH3 is 1. The highest BCUT2D eigenvalue weighted by Gasteiger charge is 2.19. The van der Waals surface area contributed by atoms with Gasteiger partial charge in [-0.3, -0.25) is 0 Å². The van der Waals surface area contributed by atoms with E-state index in [4.69, 9.17) is 14.2 Å². The Morgan fingerprint density at radius 3 is 2.50 bits per heavy atom. The number of halogens is 1. The largest absolute Gasteiger partial charge is 0.467 e. The fraction of sp³-hybridized carbons (Fsp3) is 0.571. The molecule has 0 heterocycles. The van der Waals surface area contributed by atoms with E-state index < -0.39 is 0 Å². The summed E-state index contributed by atoms with van der Waals surface area (Å²) in [6.07, 6.45) is -0.265. The molecule has 0 N–H and O–H groups in total. The van der Waals surface area contributed by atoms with Crippen molar-refractivity contribution in [3.8, 4) is 5.75 Å². The molecule has 0 saturated heterocycles. The highest BCUT2D eigenvalue weighted by Crippen LogP contribution is 2.33. The summed E-state index contributed by atoms with van der Waals surface area (Å²) in [5.74, 6) is 0.842. The summed E-state index contributed by atoms with van der Waals surface area (Å²) in [5.41, 5.74) is 1.16. The Morgan fingerprint density at radius 2 is 1.94 bits per heavy atom. The van der Waals surface area contributed by atoms with Gasteiger partial charge in [-0.1, -0.05) is 36.7 Å². The van der Waals surface area contributed by atoms with Gasteiger partial charge >= 0.3 is 0 Å². The Balaban J connectivity index is 2.76. The van der Waals surface area contributed by atoms with E-state index in [1.165, 1.54) is 0 Å². The molecule has 102 valence electrons. The summed E-state index contributed by atoms with van der Waals surface area (Å²) in [5, 5.41) is 0. The lowest BCUT2D eigenvalue weighted by Crippen LogP contribution is -2.17. The summed E-state index contributed by atoms with van der Waals surface area (Å²) in [6.45, 7) is 8.47. The molecule has 3 nitrogen and oxygen atoms in total. The summed E-state index contributed by atoms with van der Waals surface area (Å²) in [7, 11) is 1.60. The van der Waals surface area contributed by atoms with E-state index in [0.717, 1.165) is 15.8 Å². The Labute approximate surface area is 118 Å². The standard InChI is InChI=1S/C14H21BrO3/c1-10(16-5)17-9-18-13-7-6-11(15)8-12(13)14(2,3)4/h6-8,10H,9H2,1-5H3. The summed E-state index contributed by atoms with van der Waals surface area (Å²) in [4.78, 5) is 0. The number of hydrogen-bond donors (Lipinski definition) is 0. The SMILES string of the molecule is COC(C)OCOc1ccc(Br)cc1C(C)(C)C. The van der Waals surface area contributed by atoms with E-state index in [-0.39, 0.29) is 18.5 Å². The number of ether oxygens (including phenoxy) is 3. The molecule has 4 heteroatoms. The van der Waals surface area contributed by atoms with Crippen LogP contribution in [0.4, 0.5) is 0 Å². The summed E-state index contributed by atoms with van der Waals surface area (Å²) in [6, 6.07) is 5.99. The minimum absolute atomic E-state index is 0.0198. The highest BCUT2D eigenvalue weighted by atomic mass is 79.9. The van der Waals surface area contributed by atoms with Gasteiger partial charge in [0.2, 0.25) is 0 Å². The lowest BCUT2D eigenvalue weighted by molar-refractivity contribution is -0.149. The predicted molar refractivity (Wildman–Crippen MR) is 75.9 cm³/mol. The van der Waals surface area contributed by atoms with E-state index in [0.29, 0.717) is 0 Å². The van der Waals surface area contributed by atoms with Gasteiger partial charge in [0.1, 0.15) is 5.75 Å². The fourth-order valence-corrected chi connectivity index (χ4v) is 1.84. The van der Waals surface area contributed by atoms with Crippen molar-refractivity contribution in [3.05, 3.63) is 28.2 Å². The normalized spacial score (nSPS) is 13.4. The van der Waals surface area contributed by atoms with Crippen LogP contribution in [0.25, 0.3) is 0 Å². The minimum Gasteiger partial charge on any atom is -0.467 e. The van der Waals surface area contributed by atoms with Crippen molar-refractivity contribution in [1.82, 2.24) is 0 Å². The maximum absolute atomic E-state index is 5.67. The predicted octanol–water partition coefficient (Wildman–Crippen LogP) is 4.09. The van der Waals surface area contributed by atoms with Gasteiger partial charge in [-0.05, 0) is 30.5 Å². The molecule has 0 saturated carbocycles. The van der Waals surface area contributed by atoms with Gasteiger partial charge in [0.05, 0.1) is 0 Å². The van der Waals surface area contributed by atoms with Crippen LogP contribution in [0.1, 0.15) is 33.3 Å². The highest BCUT2D eigenvalue weighted by molar-refractivity contribution is 9.10. The van der Waals surface area contributed by atoms with Crippen LogP contribution in [-0.4, -0.2) is 20.2 Å². The molecule has 1 unspecified atom stereocenters. The number of hydrogen-bond acceptors (Lipinski definition) is 3. The van der Waals surface area contributed by atoms with Gasteiger partial charge in [-0.2, -0.15) is 0 Å². The van der Waals surface area contributed by atoms with Crippen molar-refractivity contribution in [2.75, 3.05) is 13.9 Å². The Morgan fingerprint density at radius 1 is 1.28 bits per heavy atom. The van der Waals surface area contributed by atoms with E-state index in [1.54, 1.807) is 7.11 Å². The van der Waals surface area contributed by atoms with Gasteiger partial charge in [-0.25, -0.2) is 0 Å². The molecular formula is C14H21BrO3. The van der Waals surface area contributed by atoms with Crippen molar-refractivity contribution in [2.24, 2.45) is 0 Å². The quantitative estimate of drug-likeness (QED) is 0.766. The molecule has 0 radical (unpaired) electrons. The van der Waals surface area contributed by atoms with Crippen LogP contribution in [0, 0.1) is 0 Å². The van der Waals surface area contributed by atoms with E-state index in [1.807, 2.05) is 19.1 Å². The third kappa shape index (κ3) is 4.59. The molecule has 0 aliphatic heterocycles. The molecule has 0 aromatic heterocycles. The third-order valence-corrected chi connectivity index (χ3v) is 3.09. The molecule has 0 amide bonds. The van der Waals surface area contributed by atoms with Crippen LogP contribution >= 0.6 is 15.9 Å². The first-order chi connectivity index (χ1) is 8.34. The Kier molecular flexibility index (Phi) is 5.63. The van der Waals surface area contributed by atoms with Crippen molar-refractivity contribution in [3.63, 3.8) is 0 Å². The molecule has 1 aromatic carbocycles. The average Bonchev–Trinajstić information content (AvgIpc) is 2.29. The molecule has 0 fully saturated rings. The first-order valence-corrected chi connectivity index (χ1v) is 6.71. The van der Waals surface area contributed by atoms with Crippen LogP contribution in [0.2, 0.25) is 0 Å². The average molecular weight is 317 g/mol. The lowest BCUT2D eigenvalue weighted by Gasteiger charge is -2.23. The second kappa shape index (κ2) is 6.55. The van der Waals surface area contributed by atoms with E-state index in [2.05, 4.69) is 42.8 Å². The van der Waals surface area contributed by atoms with Crippen molar-refractivity contribution >= 4 is 15.9 Å². The first kappa shape index (κ1) is 15.5. The minimum atomic E-state index is -0.265. The smallest absolute Gasteiger partial charge is 0.191 e. The number of benzene rings is 1. The van der Waals surface area contributed by atoms with E-state index in [9.17, 15) is 0 Å². The molecule has 1 aromatic rings. The Bertz CT molecular complexity index is 385. The van der Waals surface area contributed by atoms with Crippen molar-refractivity contribution < 1.29 is 14.2 Å². The Hall–Kier alpha value is -0.580. The zero-order valence-corrected chi connectivity index (χ0v) is 13.2. The molecular weight excluding hydrogens is 296 g/mol. The molecule has 0 bridgehead atoms. The van der Waals surface area contributed by atoms with Crippen LogP contribution in [0.15, 0.2) is 22.7 Å². The zero-order chi connectivity index (χ0) is 13.8. The van der Waals surface area contributed by atoms with E-state index >= 15 is 0 Å². The van der Waals surface area contributed by atoms with Gasteiger partial charge < -0.3 is 14.2 Å². The first-order valence-electron chi connectivity index (χ1n) is 5.92. The molecule has 0 spiro atoms. The second-order valence-electron chi connectivity index (χ2n) is 5.12. The van der Waals surface area contributed by atoms with Crippen molar-refractivity contribution in [1.29, 1.82) is 0 Å². The summed E-state index contributed by atoms with van der Waals surface area (Å²) < 4.78 is 17.0. The molecule has 1 atom stereocenters. The molecule has 1 rings (SSSR count). The van der Waals surface area contributed by atoms with Crippen LogP contribution in [-0.2, 0) is 14.9 Å². The van der Waals surface area contributed by atoms with Gasteiger partial charge in [0.15, 0.2) is 13.1 Å². The molecule has 0 aliphatic rings. The lowest BCUT2D eigenvalue weighted by atomic mass is 9.86. The zero-order valence-electron chi connectivity index (χ0n) is 11.6. The molecule has 18 heavy (non-hydrogen) atoms. The maximum atomic E-state index is 5.67. The second-order valence-corrected chi connectivity index (χ2v) is 6.04. The summed E-state index contributed by atoms with van der Waals surface area (Å²) >= 11 is 3.48. The molecule has 0 aliphatic carbocycles. The van der Waals surface area contributed by atoms with Crippen molar-refractivity contribution in [2.45, 2.75) is 39.4 Å². The number of rotatable bonds is 5. The van der Waals surface area contributed by atoms with Crippen LogP contribution in [0.3, 0.4) is 0 Å². The van der Waals surface area contributed by atoms with Gasteiger partial charge in [-0.15, -0.1) is 0 Å². The topological polar surface area (TPSA) is 27.7 Å². The van der Waals surface area contributed by atoms with Gasteiger partial charge in [0.25, 0.3) is 0 Å². The van der Waals surface area contributed by atoms with Crippen LogP contribution < -0.4 is 4.74 Å². The van der Waals surface area contributed by atoms with Crippen LogP contribution in [0.5, 0.6) is 5.75 Å². The van der Waals surface area contributed by atoms with Gasteiger partial charge in [0, 0.05) is 17.1 Å². The maximum Gasteiger partial charge on any atom is 0.191 e.